The monoisotopic (exact) mass is 473 g/mol. The van der Waals surface area contributed by atoms with E-state index >= 15 is 0 Å². The van der Waals surface area contributed by atoms with Gasteiger partial charge in [-0.05, 0) is 55.2 Å². The molecule has 2 unspecified atom stereocenters. The number of piperidine rings is 1. The third kappa shape index (κ3) is 4.31. The van der Waals surface area contributed by atoms with Crippen LogP contribution in [0.15, 0.2) is 42.7 Å². The maximum absolute atomic E-state index is 10.6. The van der Waals surface area contributed by atoms with Crippen molar-refractivity contribution in [2.75, 3.05) is 32.2 Å². The highest BCUT2D eigenvalue weighted by Gasteiger charge is 2.29. The van der Waals surface area contributed by atoms with Gasteiger partial charge >= 0.3 is 0 Å². The number of fused-ring (bicyclic) bond motifs is 1. The van der Waals surface area contributed by atoms with Crippen molar-refractivity contribution in [2.45, 2.75) is 32.4 Å². The number of aromatic amines is 1. The predicted molar refractivity (Wildman–Crippen MR) is 138 cm³/mol. The molecule has 1 saturated heterocycles. The summed E-state index contributed by atoms with van der Waals surface area (Å²) >= 11 is 0. The van der Waals surface area contributed by atoms with E-state index in [2.05, 4.69) is 40.8 Å². The van der Waals surface area contributed by atoms with Gasteiger partial charge in [-0.25, -0.2) is 4.98 Å². The fourth-order valence-electron chi connectivity index (χ4n) is 4.89. The van der Waals surface area contributed by atoms with Gasteiger partial charge in [-0.1, -0.05) is 6.07 Å². The van der Waals surface area contributed by atoms with Gasteiger partial charge in [0.1, 0.15) is 17.3 Å². The summed E-state index contributed by atoms with van der Waals surface area (Å²) in [6.45, 7) is 5.28. The van der Waals surface area contributed by atoms with Crippen molar-refractivity contribution in [3.8, 4) is 34.0 Å². The average molecular weight is 474 g/mol. The summed E-state index contributed by atoms with van der Waals surface area (Å²) in [5.41, 5.74) is 13.9. The first-order chi connectivity index (χ1) is 16.9. The van der Waals surface area contributed by atoms with Crippen molar-refractivity contribution in [1.82, 2.24) is 15.0 Å². The SMILES string of the molecule is COc1cc(OC)cc(-c2cncc(-c3nc4c(C)cc(C)cc4[nH]3)c2N2CCC(N)C(O)C2)c1. The standard InChI is InChI=1S/C27H31N5O3/c1-15-7-16(2)25-23(8-15)30-27(31-25)21-13-29-12-20(17-9-18(34-3)11-19(10-17)35-4)26(21)32-6-5-22(28)24(33)14-32/h7-13,22,24,33H,5-6,14,28H2,1-4H3,(H,30,31). The number of methoxy groups -OCH3 is 2. The molecule has 1 aliphatic rings. The number of β-amino-alcohol motifs (C(OH)–C–C–N with tert-alkyl or cyclic N) is 1. The van der Waals surface area contributed by atoms with E-state index in [1.807, 2.05) is 30.6 Å². The van der Waals surface area contributed by atoms with E-state index in [-0.39, 0.29) is 6.04 Å². The number of anilines is 1. The first-order valence-electron chi connectivity index (χ1n) is 11.7. The Balaban J connectivity index is 1.74. The number of pyridine rings is 1. The Morgan fingerprint density at radius 1 is 1.03 bits per heavy atom. The van der Waals surface area contributed by atoms with Crippen LogP contribution in [0, 0.1) is 13.8 Å². The van der Waals surface area contributed by atoms with Gasteiger partial charge in [0.2, 0.25) is 0 Å². The molecule has 4 N–H and O–H groups in total. The van der Waals surface area contributed by atoms with Crippen molar-refractivity contribution in [3.63, 3.8) is 0 Å². The molecule has 1 fully saturated rings. The smallest absolute Gasteiger partial charge is 0.142 e. The molecule has 0 bridgehead atoms. The highest BCUT2D eigenvalue weighted by Crippen LogP contribution is 2.41. The largest absolute Gasteiger partial charge is 0.497 e. The second kappa shape index (κ2) is 9.20. The Kier molecular flexibility index (Phi) is 6.08. The van der Waals surface area contributed by atoms with Crippen LogP contribution in [-0.4, -0.2) is 59.5 Å². The van der Waals surface area contributed by atoms with Gasteiger partial charge in [0.15, 0.2) is 0 Å². The van der Waals surface area contributed by atoms with E-state index in [0.717, 1.165) is 44.8 Å². The molecule has 8 nitrogen and oxygen atoms in total. The molecule has 0 saturated carbocycles. The molecule has 1 aliphatic heterocycles. The van der Waals surface area contributed by atoms with Crippen molar-refractivity contribution in [1.29, 1.82) is 0 Å². The number of hydrogen-bond donors (Lipinski definition) is 3. The van der Waals surface area contributed by atoms with E-state index in [4.69, 9.17) is 20.2 Å². The molecule has 35 heavy (non-hydrogen) atoms. The average Bonchev–Trinajstić information content (AvgIpc) is 3.29. The Labute approximate surface area is 204 Å². The molecule has 4 aromatic rings. The number of hydrogen-bond acceptors (Lipinski definition) is 7. The molecule has 2 atom stereocenters. The lowest BCUT2D eigenvalue weighted by Gasteiger charge is -2.37. The van der Waals surface area contributed by atoms with E-state index in [9.17, 15) is 5.11 Å². The minimum absolute atomic E-state index is 0.242. The Hall–Kier alpha value is -3.62. The number of aryl methyl sites for hydroxylation is 2. The molecule has 2 aromatic heterocycles. The molecule has 5 rings (SSSR count). The highest BCUT2D eigenvalue weighted by atomic mass is 16.5. The fourth-order valence-corrected chi connectivity index (χ4v) is 4.89. The quantitative estimate of drug-likeness (QED) is 0.404. The summed E-state index contributed by atoms with van der Waals surface area (Å²) in [5, 5.41) is 10.6. The van der Waals surface area contributed by atoms with Crippen LogP contribution in [0.3, 0.4) is 0 Å². The Bertz CT molecular complexity index is 1360. The van der Waals surface area contributed by atoms with Crippen LogP contribution < -0.4 is 20.1 Å². The lowest BCUT2D eigenvalue weighted by Crippen LogP contribution is -2.50. The van der Waals surface area contributed by atoms with Crippen LogP contribution in [0.4, 0.5) is 5.69 Å². The van der Waals surface area contributed by atoms with E-state index in [0.29, 0.717) is 31.0 Å². The van der Waals surface area contributed by atoms with Crippen LogP contribution in [0.1, 0.15) is 17.5 Å². The predicted octanol–water partition coefficient (Wildman–Crippen LogP) is 3.82. The van der Waals surface area contributed by atoms with E-state index < -0.39 is 6.10 Å². The number of H-pyrrole nitrogens is 1. The Morgan fingerprint density at radius 2 is 1.74 bits per heavy atom. The van der Waals surface area contributed by atoms with Gasteiger partial charge in [-0.3, -0.25) is 4.98 Å². The van der Waals surface area contributed by atoms with Crippen LogP contribution in [-0.2, 0) is 0 Å². The minimum atomic E-state index is -0.627. The number of aromatic nitrogens is 3. The molecular formula is C27H31N5O3. The molecule has 0 spiro atoms. The van der Waals surface area contributed by atoms with Gasteiger partial charge in [0.25, 0.3) is 0 Å². The van der Waals surface area contributed by atoms with Crippen molar-refractivity contribution >= 4 is 16.7 Å². The zero-order chi connectivity index (χ0) is 24.7. The maximum atomic E-state index is 10.6. The number of nitrogens with two attached hydrogens (primary N) is 1. The Morgan fingerprint density at radius 3 is 2.43 bits per heavy atom. The lowest BCUT2D eigenvalue weighted by molar-refractivity contribution is 0.132. The molecule has 0 amide bonds. The first-order valence-corrected chi connectivity index (χ1v) is 11.7. The molecule has 3 heterocycles. The molecule has 0 radical (unpaired) electrons. The second-order valence-corrected chi connectivity index (χ2v) is 9.21. The highest BCUT2D eigenvalue weighted by molar-refractivity contribution is 5.92. The molecule has 0 aliphatic carbocycles. The molecular weight excluding hydrogens is 442 g/mol. The summed E-state index contributed by atoms with van der Waals surface area (Å²) in [4.78, 5) is 15.2. The van der Waals surface area contributed by atoms with Gasteiger partial charge in [0, 0.05) is 43.2 Å². The van der Waals surface area contributed by atoms with Crippen LogP contribution in [0.25, 0.3) is 33.5 Å². The van der Waals surface area contributed by atoms with Crippen LogP contribution in [0.5, 0.6) is 11.5 Å². The topological polar surface area (TPSA) is 110 Å². The fraction of sp³-hybridized carbons (Fsp3) is 0.333. The van der Waals surface area contributed by atoms with Crippen molar-refractivity contribution < 1.29 is 14.6 Å². The van der Waals surface area contributed by atoms with Gasteiger partial charge in [-0.15, -0.1) is 0 Å². The maximum Gasteiger partial charge on any atom is 0.142 e. The first kappa shape index (κ1) is 23.1. The van der Waals surface area contributed by atoms with E-state index in [1.54, 1.807) is 14.2 Å². The van der Waals surface area contributed by atoms with Crippen LogP contribution in [0.2, 0.25) is 0 Å². The summed E-state index contributed by atoms with van der Waals surface area (Å²) in [7, 11) is 3.27. The van der Waals surface area contributed by atoms with Gasteiger partial charge < -0.3 is 30.2 Å². The van der Waals surface area contributed by atoms with E-state index in [1.165, 1.54) is 5.56 Å². The van der Waals surface area contributed by atoms with Gasteiger partial charge in [0.05, 0.1) is 42.6 Å². The van der Waals surface area contributed by atoms with Crippen LogP contribution >= 0.6 is 0 Å². The third-order valence-electron chi connectivity index (χ3n) is 6.71. The lowest BCUT2D eigenvalue weighted by atomic mass is 9.97. The summed E-state index contributed by atoms with van der Waals surface area (Å²) in [6, 6.07) is 9.76. The third-order valence-corrected chi connectivity index (χ3v) is 6.71. The minimum Gasteiger partial charge on any atom is -0.497 e. The van der Waals surface area contributed by atoms with Gasteiger partial charge in [-0.2, -0.15) is 0 Å². The zero-order valence-electron chi connectivity index (χ0n) is 20.5. The summed E-state index contributed by atoms with van der Waals surface area (Å²) in [6.07, 6.45) is 3.73. The molecule has 2 aromatic carbocycles. The number of rotatable bonds is 5. The summed E-state index contributed by atoms with van der Waals surface area (Å²) < 4.78 is 11.1. The zero-order valence-corrected chi connectivity index (χ0v) is 20.5. The number of imidazole rings is 1. The number of ether oxygens (including phenoxy) is 2. The number of nitrogens with zero attached hydrogens (tertiary/aromatic N) is 3. The second-order valence-electron chi connectivity index (χ2n) is 9.21. The van der Waals surface area contributed by atoms with Crippen molar-refractivity contribution in [2.24, 2.45) is 5.73 Å². The number of benzene rings is 2. The summed E-state index contributed by atoms with van der Waals surface area (Å²) in [5.74, 6) is 2.11. The number of aliphatic hydroxyl groups is 1. The normalized spacial score (nSPS) is 18.2. The number of aliphatic hydroxyl groups excluding tert-OH is 1. The molecule has 182 valence electrons. The molecule has 8 heteroatoms. The number of nitrogens with one attached hydrogen (secondary N) is 1. The van der Waals surface area contributed by atoms with Crippen molar-refractivity contribution in [3.05, 3.63) is 53.9 Å².